The van der Waals surface area contributed by atoms with Crippen LogP contribution in [-0.2, 0) is 6.42 Å². The third kappa shape index (κ3) is 5.96. The van der Waals surface area contributed by atoms with E-state index in [1.165, 1.54) is 35.7 Å². The molecule has 0 radical (unpaired) electrons. The van der Waals surface area contributed by atoms with Crippen molar-refractivity contribution in [2.24, 2.45) is 0 Å². The summed E-state index contributed by atoms with van der Waals surface area (Å²) in [6.45, 7) is 5.45. The highest BCUT2D eigenvalue weighted by Gasteiger charge is 2.11. The van der Waals surface area contributed by atoms with Crippen LogP contribution in [0.25, 0.3) is 0 Å². The summed E-state index contributed by atoms with van der Waals surface area (Å²) in [7, 11) is 1.72. The van der Waals surface area contributed by atoms with Gasteiger partial charge in [-0.15, -0.1) is 0 Å². The summed E-state index contributed by atoms with van der Waals surface area (Å²) < 4.78 is 6.48. The second-order valence-corrected chi connectivity index (χ2v) is 5.77. The maximum atomic E-state index is 5.31. The largest absolute Gasteiger partial charge is 0.497 e. The van der Waals surface area contributed by atoms with E-state index in [2.05, 4.69) is 47.2 Å². The Balaban J connectivity index is 2.66. The van der Waals surface area contributed by atoms with Crippen LogP contribution >= 0.6 is 15.9 Å². The summed E-state index contributed by atoms with van der Waals surface area (Å²) in [5.74, 6) is 0.932. The number of rotatable bonds is 9. The van der Waals surface area contributed by atoms with Gasteiger partial charge in [-0.25, -0.2) is 0 Å². The Labute approximate surface area is 126 Å². The highest BCUT2D eigenvalue weighted by atomic mass is 79.9. The number of hydrogen-bond acceptors (Lipinski definition) is 2. The van der Waals surface area contributed by atoms with E-state index in [1.54, 1.807) is 7.11 Å². The Kier molecular flexibility index (Phi) is 8.15. The van der Waals surface area contributed by atoms with Gasteiger partial charge in [0.2, 0.25) is 0 Å². The Morgan fingerprint density at radius 3 is 2.68 bits per heavy atom. The van der Waals surface area contributed by atoms with Crippen LogP contribution in [0.2, 0.25) is 0 Å². The molecule has 0 heterocycles. The van der Waals surface area contributed by atoms with Crippen molar-refractivity contribution in [3.8, 4) is 5.75 Å². The summed E-state index contributed by atoms with van der Waals surface area (Å²) in [5, 5.41) is 3.59. The van der Waals surface area contributed by atoms with Crippen LogP contribution in [0.15, 0.2) is 22.7 Å². The monoisotopic (exact) mass is 327 g/mol. The maximum Gasteiger partial charge on any atom is 0.119 e. The van der Waals surface area contributed by atoms with Crippen molar-refractivity contribution in [1.82, 2.24) is 5.32 Å². The average molecular weight is 328 g/mol. The SMILES string of the molecule is CCCCCC(Cc1cc(OC)ccc1Br)NCC. The zero-order valence-corrected chi connectivity index (χ0v) is 13.9. The highest BCUT2D eigenvalue weighted by molar-refractivity contribution is 9.10. The molecule has 2 nitrogen and oxygen atoms in total. The predicted molar refractivity (Wildman–Crippen MR) is 86.0 cm³/mol. The maximum absolute atomic E-state index is 5.31. The van der Waals surface area contributed by atoms with Gasteiger partial charge in [-0.1, -0.05) is 49.0 Å². The Hall–Kier alpha value is -0.540. The van der Waals surface area contributed by atoms with Crippen LogP contribution in [0.3, 0.4) is 0 Å². The van der Waals surface area contributed by atoms with Gasteiger partial charge >= 0.3 is 0 Å². The zero-order chi connectivity index (χ0) is 14.1. The lowest BCUT2D eigenvalue weighted by molar-refractivity contribution is 0.413. The molecule has 19 heavy (non-hydrogen) atoms. The number of halogens is 1. The molecule has 3 heteroatoms. The lowest BCUT2D eigenvalue weighted by Crippen LogP contribution is -2.31. The second kappa shape index (κ2) is 9.38. The highest BCUT2D eigenvalue weighted by Crippen LogP contribution is 2.24. The van der Waals surface area contributed by atoms with E-state index in [4.69, 9.17) is 4.74 Å². The molecule has 0 spiro atoms. The van der Waals surface area contributed by atoms with E-state index in [1.807, 2.05) is 6.07 Å². The fraction of sp³-hybridized carbons (Fsp3) is 0.625. The smallest absolute Gasteiger partial charge is 0.119 e. The first-order valence-corrected chi connectivity index (χ1v) is 8.06. The Bertz CT molecular complexity index is 368. The molecule has 1 aromatic rings. The first-order valence-electron chi connectivity index (χ1n) is 7.27. The van der Waals surface area contributed by atoms with Crippen LogP contribution in [0.4, 0.5) is 0 Å². The quantitative estimate of drug-likeness (QED) is 0.671. The van der Waals surface area contributed by atoms with Crippen LogP contribution in [0, 0.1) is 0 Å². The molecule has 1 N–H and O–H groups in total. The van der Waals surface area contributed by atoms with Crippen molar-refractivity contribution in [3.63, 3.8) is 0 Å². The molecular weight excluding hydrogens is 302 g/mol. The first kappa shape index (κ1) is 16.5. The Morgan fingerprint density at radius 1 is 1.26 bits per heavy atom. The standard InChI is InChI=1S/C16H26BrNO/c1-4-6-7-8-14(18-5-2)11-13-12-15(19-3)9-10-16(13)17/h9-10,12,14,18H,4-8,11H2,1-3H3. The van der Waals surface area contributed by atoms with Gasteiger partial charge in [-0.2, -0.15) is 0 Å². The third-order valence-corrected chi connectivity index (χ3v) is 4.14. The normalized spacial score (nSPS) is 12.4. The van der Waals surface area contributed by atoms with Gasteiger partial charge < -0.3 is 10.1 Å². The van der Waals surface area contributed by atoms with Crippen molar-refractivity contribution in [3.05, 3.63) is 28.2 Å². The molecule has 0 aliphatic rings. The number of nitrogens with one attached hydrogen (secondary N) is 1. The molecule has 1 rings (SSSR count). The van der Waals surface area contributed by atoms with E-state index in [0.29, 0.717) is 6.04 Å². The number of benzene rings is 1. The molecule has 1 unspecified atom stereocenters. The molecule has 1 atom stereocenters. The fourth-order valence-corrected chi connectivity index (χ4v) is 2.71. The van der Waals surface area contributed by atoms with Gasteiger partial charge in [-0.3, -0.25) is 0 Å². The molecule has 0 saturated carbocycles. The molecule has 0 amide bonds. The second-order valence-electron chi connectivity index (χ2n) is 4.91. The predicted octanol–water partition coefficient (Wildman–Crippen LogP) is 4.56. The van der Waals surface area contributed by atoms with E-state index in [0.717, 1.165) is 18.7 Å². The van der Waals surface area contributed by atoms with Crippen molar-refractivity contribution in [2.45, 2.75) is 52.0 Å². The minimum absolute atomic E-state index is 0.556. The van der Waals surface area contributed by atoms with Gasteiger partial charge in [0.1, 0.15) is 5.75 Å². The van der Waals surface area contributed by atoms with Crippen LogP contribution < -0.4 is 10.1 Å². The summed E-state index contributed by atoms with van der Waals surface area (Å²) in [6, 6.07) is 6.75. The molecule has 1 aromatic carbocycles. The van der Waals surface area contributed by atoms with Gasteiger partial charge in [-0.05, 0) is 43.1 Å². The van der Waals surface area contributed by atoms with Crippen LogP contribution in [-0.4, -0.2) is 19.7 Å². The molecule has 0 aliphatic carbocycles. The van der Waals surface area contributed by atoms with E-state index < -0.39 is 0 Å². The third-order valence-electron chi connectivity index (χ3n) is 3.37. The minimum Gasteiger partial charge on any atom is -0.497 e. The minimum atomic E-state index is 0.556. The molecule has 108 valence electrons. The number of hydrogen-bond donors (Lipinski definition) is 1. The van der Waals surface area contributed by atoms with E-state index >= 15 is 0 Å². The van der Waals surface area contributed by atoms with Crippen LogP contribution in [0.5, 0.6) is 5.75 Å². The zero-order valence-electron chi connectivity index (χ0n) is 12.3. The molecule has 0 saturated heterocycles. The van der Waals surface area contributed by atoms with E-state index in [-0.39, 0.29) is 0 Å². The Morgan fingerprint density at radius 2 is 2.05 bits per heavy atom. The lowest BCUT2D eigenvalue weighted by atomic mass is 10.00. The summed E-state index contributed by atoms with van der Waals surface area (Å²) in [6.07, 6.45) is 6.19. The van der Waals surface area contributed by atoms with Gasteiger partial charge in [0.15, 0.2) is 0 Å². The fourth-order valence-electron chi connectivity index (χ4n) is 2.31. The van der Waals surface area contributed by atoms with Gasteiger partial charge in [0.05, 0.1) is 7.11 Å². The van der Waals surface area contributed by atoms with Gasteiger partial charge in [0.25, 0.3) is 0 Å². The average Bonchev–Trinajstić information content (AvgIpc) is 2.41. The molecule has 0 aliphatic heterocycles. The number of ether oxygens (including phenoxy) is 1. The van der Waals surface area contributed by atoms with Crippen molar-refractivity contribution < 1.29 is 4.74 Å². The van der Waals surface area contributed by atoms with Crippen molar-refractivity contribution in [1.29, 1.82) is 0 Å². The first-order chi connectivity index (χ1) is 9.21. The lowest BCUT2D eigenvalue weighted by Gasteiger charge is -2.19. The van der Waals surface area contributed by atoms with Crippen molar-refractivity contribution >= 4 is 15.9 Å². The number of likely N-dealkylation sites (N-methyl/N-ethyl adjacent to an activating group) is 1. The summed E-state index contributed by atoms with van der Waals surface area (Å²) >= 11 is 3.64. The topological polar surface area (TPSA) is 21.3 Å². The van der Waals surface area contributed by atoms with E-state index in [9.17, 15) is 0 Å². The van der Waals surface area contributed by atoms with Gasteiger partial charge in [0, 0.05) is 10.5 Å². The number of unbranched alkanes of at least 4 members (excludes halogenated alkanes) is 2. The molecule has 0 fully saturated rings. The van der Waals surface area contributed by atoms with Crippen molar-refractivity contribution in [2.75, 3.05) is 13.7 Å². The molecular formula is C16H26BrNO. The molecule has 0 bridgehead atoms. The number of methoxy groups -OCH3 is 1. The molecule has 0 aromatic heterocycles. The summed E-state index contributed by atoms with van der Waals surface area (Å²) in [4.78, 5) is 0. The summed E-state index contributed by atoms with van der Waals surface area (Å²) in [5.41, 5.74) is 1.32. The van der Waals surface area contributed by atoms with Crippen LogP contribution in [0.1, 0.15) is 45.1 Å².